The third kappa shape index (κ3) is 1.18. The van der Waals surface area contributed by atoms with Crippen molar-refractivity contribution in [2.75, 3.05) is 7.11 Å². The molecule has 0 aromatic heterocycles. The van der Waals surface area contributed by atoms with Gasteiger partial charge in [0.15, 0.2) is 0 Å². The van der Waals surface area contributed by atoms with Gasteiger partial charge in [-0.05, 0) is 36.5 Å². The number of hydrogen-bond donors (Lipinski definition) is 0. The van der Waals surface area contributed by atoms with Crippen LogP contribution >= 0.6 is 0 Å². The maximum Gasteiger partial charge on any atom is 0.0635 e. The Hall–Kier alpha value is -0.0400. The van der Waals surface area contributed by atoms with E-state index in [-0.39, 0.29) is 0 Å². The second-order valence-electron chi connectivity index (χ2n) is 5.89. The van der Waals surface area contributed by atoms with Gasteiger partial charge in [-0.15, -0.1) is 0 Å². The molecule has 0 spiro atoms. The molecule has 2 aliphatic rings. The van der Waals surface area contributed by atoms with Crippen LogP contribution in [-0.4, -0.2) is 13.2 Å². The summed E-state index contributed by atoms with van der Waals surface area (Å²) in [6.45, 7) is 9.53. The van der Waals surface area contributed by atoms with Crippen molar-refractivity contribution in [3.05, 3.63) is 0 Å². The molecule has 2 fully saturated rings. The van der Waals surface area contributed by atoms with Crippen molar-refractivity contribution in [2.45, 2.75) is 46.6 Å². The van der Waals surface area contributed by atoms with Crippen LogP contribution in [-0.2, 0) is 4.74 Å². The molecule has 82 valence electrons. The lowest BCUT2D eigenvalue weighted by molar-refractivity contribution is 0.0132. The lowest BCUT2D eigenvalue weighted by Gasteiger charge is -2.31. The Labute approximate surface area is 88.2 Å². The largest absolute Gasteiger partial charge is 0.381 e. The van der Waals surface area contributed by atoms with Crippen LogP contribution in [0.2, 0.25) is 0 Å². The number of ether oxygens (including phenoxy) is 1. The van der Waals surface area contributed by atoms with Gasteiger partial charge < -0.3 is 4.74 Å². The Morgan fingerprint density at radius 2 is 1.93 bits per heavy atom. The molecular formula is C13H24O. The predicted octanol–water partition coefficient (Wildman–Crippen LogP) is 3.34. The van der Waals surface area contributed by atoms with E-state index in [4.69, 9.17) is 4.74 Å². The third-order valence-electron chi connectivity index (χ3n) is 5.11. The summed E-state index contributed by atoms with van der Waals surface area (Å²) in [6.07, 6.45) is 3.25. The topological polar surface area (TPSA) is 9.23 Å². The van der Waals surface area contributed by atoms with Crippen LogP contribution in [0.4, 0.5) is 0 Å². The minimum atomic E-state index is 0.542. The summed E-state index contributed by atoms with van der Waals surface area (Å²) in [5.74, 6) is 3.47. The minimum Gasteiger partial charge on any atom is -0.381 e. The van der Waals surface area contributed by atoms with Crippen molar-refractivity contribution < 1.29 is 4.74 Å². The molecule has 0 aromatic carbocycles. The molecule has 2 saturated carbocycles. The van der Waals surface area contributed by atoms with Crippen molar-refractivity contribution >= 4 is 0 Å². The molecule has 0 heterocycles. The van der Waals surface area contributed by atoms with E-state index in [1.807, 2.05) is 7.11 Å². The van der Waals surface area contributed by atoms with E-state index >= 15 is 0 Å². The third-order valence-corrected chi connectivity index (χ3v) is 5.11. The summed E-state index contributed by atoms with van der Waals surface area (Å²) < 4.78 is 5.71. The highest BCUT2D eigenvalue weighted by atomic mass is 16.5. The fourth-order valence-corrected chi connectivity index (χ4v) is 3.90. The van der Waals surface area contributed by atoms with Gasteiger partial charge >= 0.3 is 0 Å². The minimum absolute atomic E-state index is 0.542. The van der Waals surface area contributed by atoms with Gasteiger partial charge in [-0.25, -0.2) is 0 Å². The molecule has 0 saturated heterocycles. The fourth-order valence-electron chi connectivity index (χ4n) is 3.90. The Morgan fingerprint density at radius 1 is 1.29 bits per heavy atom. The first-order valence-corrected chi connectivity index (χ1v) is 6.06. The zero-order valence-electron chi connectivity index (χ0n) is 10.2. The van der Waals surface area contributed by atoms with Crippen LogP contribution in [0.25, 0.3) is 0 Å². The van der Waals surface area contributed by atoms with Crippen LogP contribution in [0, 0.1) is 29.1 Å². The fraction of sp³-hybridized carbons (Fsp3) is 1.00. The Kier molecular flexibility index (Phi) is 2.42. The molecule has 0 N–H and O–H groups in total. The van der Waals surface area contributed by atoms with Crippen molar-refractivity contribution in [3.63, 3.8) is 0 Å². The first-order valence-electron chi connectivity index (χ1n) is 6.06. The van der Waals surface area contributed by atoms with Crippen molar-refractivity contribution in [1.29, 1.82) is 0 Å². The molecule has 0 aromatic rings. The maximum atomic E-state index is 5.71. The van der Waals surface area contributed by atoms with Gasteiger partial charge in [-0.2, -0.15) is 0 Å². The van der Waals surface area contributed by atoms with Crippen molar-refractivity contribution in [3.8, 4) is 0 Å². The lowest BCUT2D eigenvalue weighted by atomic mass is 9.79. The molecule has 0 amide bonds. The monoisotopic (exact) mass is 196 g/mol. The van der Waals surface area contributed by atoms with E-state index in [2.05, 4.69) is 27.7 Å². The summed E-state index contributed by atoms with van der Waals surface area (Å²) in [6, 6.07) is 0. The van der Waals surface area contributed by atoms with Gasteiger partial charge in [0.25, 0.3) is 0 Å². The Morgan fingerprint density at radius 3 is 2.36 bits per heavy atom. The SMILES string of the molecule is COC1CC(C)C2C[C@]12C(C)C(C)C. The summed E-state index contributed by atoms with van der Waals surface area (Å²) in [4.78, 5) is 0. The van der Waals surface area contributed by atoms with Gasteiger partial charge in [-0.1, -0.05) is 27.7 Å². The van der Waals surface area contributed by atoms with Crippen LogP contribution in [0.1, 0.15) is 40.5 Å². The van der Waals surface area contributed by atoms with Crippen molar-refractivity contribution in [2.24, 2.45) is 29.1 Å². The van der Waals surface area contributed by atoms with E-state index in [1.165, 1.54) is 12.8 Å². The maximum absolute atomic E-state index is 5.71. The van der Waals surface area contributed by atoms with E-state index in [0.717, 1.165) is 23.7 Å². The molecule has 4 unspecified atom stereocenters. The van der Waals surface area contributed by atoms with E-state index in [9.17, 15) is 0 Å². The van der Waals surface area contributed by atoms with Gasteiger partial charge in [0.2, 0.25) is 0 Å². The second-order valence-corrected chi connectivity index (χ2v) is 5.89. The van der Waals surface area contributed by atoms with Crippen LogP contribution < -0.4 is 0 Å². The predicted molar refractivity (Wildman–Crippen MR) is 59.1 cm³/mol. The molecule has 0 bridgehead atoms. The van der Waals surface area contributed by atoms with Crippen LogP contribution in [0.5, 0.6) is 0 Å². The Bertz CT molecular complexity index is 219. The summed E-state index contributed by atoms with van der Waals surface area (Å²) >= 11 is 0. The number of fused-ring (bicyclic) bond motifs is 1. The smallest absolute Gasteiger partial charge is 0.0635 e. The molecule has 2 rings (SSSR count). The standard InChI is InChI=1S/C13H24O/c1-8(2)10(4)13-7-11(13)9(3)6-12(13)14-5/h8-12H,6-7H2,1-5H3/t9?,10?,11?,12?,13-/m1/s1. The number of rotatable bonds is 3. The molecule has 0 aliphatic heterocycles. The molecule has 1 nitrogen and oxygen atoms in total. The molecule has 1 heteroatoms. The molecule has 2 aliphatic carbocycles. The highest BCUT2D eigenvalue weighted by Gasteiger charge is 2.68. The second kappa shape index (κ2) is 3.23. The molecule has 14 heavy (non-hydrogen) atoms. The number of methoxy groups -OCH3 is 1. The molecule has 5 atom stereocenters. The van der Waals surface area contributed by atoms with Crippen molar-refractivity contribution in [1.82, 2.24) is 0 Å². The average molecular weight is 196 g/mol. The van der Waals surface area contributed by atoms with E-state index in [1.54, 1.807) is 0 Å². The van der Waals surface area contributed by atoms with Crippen LogP contribution in [0.15, 0.2) is 0 Å². The van der Waals surface area contributed by atoms with Gasteiger partial charge in [0.1, 0.15) is 0 Å². The summed E-state index contributed by atoms with van der Waals surface area (Å²) in [5.41, 5.74) is 0.558. The van der Waals surface area contributed by atoms with Gasteiger partial charge in [-0.3, -0.25) is 0 Å². The molecule has 0 radical (unpaired) electrons. The number of hydrogen-bond acceptors (Lipinski definition) is 1. The summed E-state index contributed by atoms with van der Waals surface area (Å²) in [7, 11) is 1.90. The lowest BCUT2D eigenvalue weighted by Crippen LogP contribution is -2.30. The summed E-state index contributed by atoms with van der Waals surface area (Å²) in [5, 5.41) is 0. The zero-order chi connectivity index (χ0) is 10.5. The quantitative estimate of drug-likeness (QED) is 0.672. The Balaban J connectivity index is 2.17. The zero-order valence-corrected chi connectivity index (χ0v) is 10.2. The van der Waals surface area contributed by atoms with E-state index < -0.39 is 0 Å². The highest BCUT2D eigenvalue weighted by molar-refractivity contribution is 5.16. The average Bonchev–Trinajstić information content (AvgIpc) is 2.83. The van der Waals surface area contributed by atoms with E-state index in [0.29, 0.717) is 11.5 Å². The first-order chi connectivity index (χ1) is 6.54. The molecular weight excluding hydrogens is 172 g/mol. The van der Waals surface area contributed by atoms with Gasteiger partial charge in [0, 0.05) is 12.5 Å². The van der Waals surface area contributed by atoms with Gasteiger partial charge in [0.05, 0.1) is 6.10 Å². The highest BCUT2D eigenvalue weighted by Crippen LogP contribution is 2.71. The van der Waals surface area contributed by atoms with Crippen LogP contribution in [0.3, 0.4) is 0 Å². The first kappa shape index (κ1) is 10.5. The normalized spacial score (nSPS) is 48.0.